The van der Waals surface area contributed by atoms with Gasteiger partial charge >= 0.3 is 0 Å². The summed E-state index contributed by atoms with van der Waals surface area (Å²) >= 11 is 0. The van der Waals surface area contributed by atoms with Gasteiger partial charge in [-0.25, -0.2) is 0 Å². The standard InChI is InChI=1S/C33H40N4O3/c1-20(2)31-26-18-25(12-13-28(26)34-32(31)27-19-35(6)33(39)22(4)21(27)3)40-24-14-16-37(17-15-24)30-11-9-8-10-29(30)36(7)23(5)38/h8-13,18-20,24,34H,14-17H2,1-7H3. The lowest BCUT2D eigenvalue weighted by Crippen LogP contribution is -2.39. The van der Waals surface area contributed by atoms with E-state index in [1.54, 1.807) is 16.4 Å². The average Bonchev–Trinajstić information content (AvgIpc) is 3.32. The van der Waals surface area contributed by atoms with Crippen molar-refractivity contribution in [2.24, 2.45) is 7.05 Å². The number of aryl methyl sites for hydroxylation is 1. The molecule has 1 aliphatic heterocycles. The predicted octanol–water partition coefficient (Wildman–Crippen LogP) is 6.30. The molecule has 7 nitrogen and oxygen atoms in total. The van der Waals surface area contributed by atoms with Crippen LogP contribution in [0.25, 0.3) is 22.2 Å². The Morgan fingerprint density at radius 1 is 1.07 bits per heavy atom. The molecule has 0 spiro atoms. The maximum absolute atomic E-state index is 12.5. The summed E-state index contributed by atoms with van der Waals surface area (Å²) in [6, 6.07) is 14.4. The Balaban J connectivity index is 1.38. The normalized spacial score (nSPS) is 14.2. The number of aromatic nitrogens is 2. The first-order chi connectivity index (χ1) is 19.1. The summed E-state index contributed by atoms with van der Waals surface area (Å²) in [5.74, 6) is 1.19. The molecule has 5 rings (SSSR count). The number of amides is 1. The Kier molecular flexibility index (Phi) is 7.49. The summed E-state index contributed by atoms with van der Waals surface area (Å²) in [5, 5.41) is 1.16. The van der Waals surface area contributed by atoms with E-state index in [0.717, 1.165) is 76.3 Å². The van der Waals surface area contributed by atoms with E-state index in [0.29, 0.717) is 0 Å². The maximum Gasteiger partial charge on any atom is 0.253 e. The van der Waals surface area contributed by atoms with Crippen LogP contribution in [0.15, 0.2) is 53.5 Å². The summed E-state index contributed by atoms with van der Waals surface area (Å²) in [5.41, 5.74) is 8.29. The Morgan fingerprint density at radius 2 is 1.77 bits per heavy atom. The molecule has 2 aromatic heterocycles. The van der Waals surface area contributed by atoms with E-state index in [9.17, 15) is 9.59 Å². The van der Waals surface area contributed by atoms with Gasteiger partial charge < -0.3 is 24.1 Å². The number of para-hydroxylation sites is 2. The number of rotatable bonds is 6. The Bertz CT molecular complexity index is 1620. The number of nitrogens with zero attached hydrogens (tertiary/aromatic N) is 3. The van der Waals surface area contributed by atoms with Gasteiger partial charge in [0.1, 0.15) is 11.9 Å². The molecule has 3 heterocycles. The Labute approximate surface area is 236 Å². The third-order valence-corrected chi connectivity index (χ3v) is 8.39. The lowest BCUT2D eigenvalue weighted by molar-refractivity contribution is -0.116. The highest BCUT2D eigenvalue weighted by molar-refractivity contribution is 5.95. The molecule has 0 radical (unpaired) electrons. The number of H-pyrrole nitrogens is 1. The number of aromatic amines is 1. The Morgan fingerprint density at radius 3 is 2.45 bits per heavy atom. The molecule has 1 amide bonds. The van der Waals surface area contributed by atoms with Gasteiger partial charge in [0.2, 0.25) is 5.91 Å². The van der Waals surface area contributed by atoms with Crippen molar-refractivity contribution in [2.45, 2.75) is 59.5 Å². The van der Waals surface area contributed by atoms with Gasteiger partial charge in [-0.1, -0.05) is 26.0 Å². The van der Waals surface area contributed by atoms with Gasteiger partial charge in [0, 0.05) is 75.2 Å². The minimum Gasteiger partial charge on any atom is -0.490 e. The van der Waals surface area contributed by atoms with Gasteiger partial charge in [-0.2, -0.15) is 0 Å². The van der Waals surface area contributed by atoms with Gasteiger partial charge in [-0.15, -0.1) is 0 Å². The van der Waals surface area contributed by atoms with Crippen LogP contribution in [-0.2, 0) is 11.8 Å². The van der Waals surface area contributed by atoms with Gasteiger partial charge in [0.25, 0.3) is 5.56 Å². The van der Waals surface area contributed by atoms with Crippen molar-refractivity contribution < 1.29 is 9.53 Å². The fourth-order valence-corrected chi connectivity index (χ4v) is 5.90. The lowest BCUT2D eigenvalue weighted by Gasteiger charge is -2.35. The number of hydrogen-bond donors (Lipinski definition) is 1. The fourth-order valence-electron chi connectivity index (χ4n) is 5.90. The van der Waals surface area contributed by atoms with E-state index < -0.39 is 0 Å². The van der Waals surface area contributed by atoms with Crippen molar-refractivity contribution in [3.8, 4) is 17.0 Å². The molecule has 7 heteroatoms. The lowest BCUT2D eigenvalue weighted by atomic mass is 9.94. The molecule has 0 saturated carbocycles. The summed E-state index contributed by atoms with van der Waals surface area (Å²) < 4.78 is 8.21. The van der Waals surface area contributed by atoms with Crippen molar-refractivity contribution in [1.82, 2.24) is 9.55 Å². The van der Waals surface area contributed by atoms with E-state index >= 15 is 0 Å². The molecule has 210 valence electrons. The van der Waals surface area contributed by atoms with Gasteiger partial charge in [0.05, 0.1) is 17.1 Å². The first-order valence-corrected chi connectivity index (χ1v) is 14.1. The van der Waals surface area contributed by atoms with Crippen LogP contribution in [0.4, 0.5) is 11.4 Å². The Hall–Kier alpha value is -4.00. The highest BCUT2D eigenvalue weighted by Gasteiger charge is 2.25. The average molecular weight is 541 g/mol. The number of ether oxygens (including phenoxy) is 1. The number of hydrogen-bond acceptors (Lipinski definition) is 4. The summed E-state index contributed by atoms with van der Waals surface area (Å²) in [4.78, 5) is 32.2. The molecule has 1 saturated heterocycles. The second kappa shape index (κ2) is 10.9. The highest BCUT2D eigenvalue weighted by Crippen LogP contribution is 2.39. The first-order valence-electron chi connectivity index (χ1n) is 14.1. The minimum absolute atomic E-state index is 0.0244. The number of carbonyl (C=O) groups excluding carboxylic acids is 1. The number of carbonyl (C=O) groups is 1. The predicted molar refractivity (Wildman–Crippen MR) is 164 cm³/mol. The van der Waals surface area contributed by atoms with Crippen LogP contribution >= 0.6 is 0 Å². The number of fused-ring (bicyclic) bond motifs is 1. The minimum atomic E-state index is 0.0244. The highest BCUT2D eigenvalue weighted by atomic mass is 16.5. The van der Waals surface area contributed by atoms with E-state index in [2.05, 4.69) is 48.0 Å². The third-order valence-electron chi connectivity index (χ3n) is 8.39. The third kappa shape index (κ3) is 5.01. The molecular formula is C33H40N4O3. The van der Waals surface area contributed by atoms with Crippen LogP contribution in [0.5, 0.6) is 5.75 Å². The van der Waals surface area contributed by atoms with Crippen LogP contribution < -0.4 is 20.1 Å². The molecule has 0 bridgehead atoms. The van der Waals surface area contributed by atoms with Crippen LogP contribution in [0.3, 0.4) is 0 Å². The monoisotopic (exact) mass is 540 g/mol. The molecule has 40 heavy (non-hydrogen) atoms. The first kappa shape index (κ1) is 27.6. The molecule has 1 N–H and O–H groups in total. The molecule has 0 aliphatic carbocycles. The number of anilines is 2. The van der Waals surface area contributed by atoms with Crippen LogP contribution in [0.1, 0.15) is 56.2 Å². The maximum atomic E-state index is 12.5. The van der Waals surface area contributed by atoms with Crippen molar-refractivity contribution in [3.63, 3.8) is 0 Å². The molecule has 0 atom stereocenters. The summed E-state index contributed by atoms with van der Waals surface area (Å²) in [6.07, 6.45) is 3.88. The summed E-state index contributed by atoms with van der Waals surface area (Å²) in [7, 11) is 3.64. The SMILES string of the molecule is CC(=O)N(C)c1ccccc1N1CCC(Oc2ccc3[nH]c(-c4cn(C)c(=O)c(C)c4C)c(C(C)C)c3c2)CC1. The van der Waals surface area contributed by atoms with Crippen molar-refractivity contribution in [3.05, 3.63) is 75.7 Å². The van der Waals surface area contributed by atoms with Crippen LogP contribution in [0, 0.1) is 13.8 Å². The topological polar surface area (TPSA) is 70.6 Å². The number of piperidine rings is 1. The molecule has 1 fully saturated rings. The van der Waals surface area contributed by atoms with Crippen molar-refractivity contribution in [1.29, 1.82) is 0 Å². The zero-order valence-electron chi connectivity index (χ0n) is 24.7. The zero-order chi connectivity index (χ0) is 28.7. The van der Waals surface area contributed by atoms with Crippen LogP contribution in [-0.4, -0.2) is 41.7 Å². The number of pyridine rings is 1. The van der Waals surface area contributed by atoms with E-state index in [1.165, 1.54) is 5.56 Å². The number of benzene rings is 2. The molecule has 1 aliphatic rings. The van der Waals surface area contributed by atoms with E-state index in [-0.39, 0.29) is 23.5 Å². The summed E-state index contributed by atoms with van der Waals surface area (Å²) in [6.45, 7) is 11.7. The van der Waals surface area contributed by atoms with Crippen molar-refractivity contribution in [2.75, 3.05) is 29.9 Å². The zero-order valence-corrected chi connectivity index (χ0v) is 24.7. The molecule has 2 aromatic carbocycles. The molecule has 0 unspecified atom stereocenters. The largest absolute Gasteiger partial charge is 0.490 e. The van der Waals surface area contributed by atoms with Gasteiger partial charge in [-0.05, 0) is 61.2 Å². The van der Waals surface area contributed by atoms with E-state index in [1.807, 2.05) is 52.3 Å². The second-order valence-corrected chi connectivity index (χ2v) is 11.4. The quantitative estimate of drug-likeness (QED) is 0.311. The second-order valence-electron chi connectivity index (χ2n) is 11.4. The molecule has 4 aromatic rings. The van der Waals surface area contributed by atoms with Gasteiger partial charge in [0.15, 0.2) is 0 Å². The fraction of sp³-hybridized carbons (Fsp3) is 0.394. The number of nitrogens with one attached hydrogen (secondary N) is 1. The van der Waals surface area contributed by atoms with Gasteiger partial charge in [-0.3, -0.25) is 9.59 Å². The van der Waals surface area contributed by atoms with Crippen molar-refractivity contribution >= 4 is 28.2 Å². The van der Waals surface area contributed by atoms with Crippen LogP contribution in [0.2, 0.25) is 0 Å². The van der Waals surface area contributed by atoms with E-state index in [4.69, 9.17) is 4.74 Å². The molecular weight excluding hydrogens is 500 g/mol. The smallest absolute Gasteiger partial charge is 0.253 e.